The third-order valence-corrected chi connectivity index (χ3v) is 13.1. The van der Waals surface area contributed by atoms with E-state index in [9.17, 15) is 22.8 Å². The standard InChI is InChI=1S/C9H9NO2S.C6H9ClOS.C6H9NS.C6H10O2S.C5H8OS.CH4.Na.H2O/c1-8-3-5-9(6-4-8)13(11,12)7-10-2;7-6(8)5-1-3-9-4-2-5;7-5-6-1-3-8-4-2-6;7-6(8)5-1-3-9-4-2-5;6-5-1-3-7-4-2-5;;;/h3-6H,7H2,1H3;5H,1-4H2;6H,1-4H2;5H,1-4H2,(H,7,8);1-4H2;1H4;;1H2/q;;;;;;+1;/p-1. The maximum atomic E-state index is 11.3. The molecule has 4 heterocycles. The average molecular weight is 806 g/mol. The minimum atomic E-state index is -3.38. The van der Waals surface area contributed by atoms with E-state index in [0.717, 1.165) is 91.4 Å². The Morgan fingerprint density at radius 2 is 1.29 bits per heavy atom. The molecular formula is C33H50ClN2NaO7S5. The fourth-order valence-corrected chi connectivity index (χ4v) is 9.56. The number of carboxylic acid groups (broad SMARTS) is 1. The van der Waals surface area contributed by atoms with Crippen molar-refractivity contribution in [2.24, 2.45) is 17.8 Å². The Hall–Kier alpha value is -0.390. The van der Waals surface area contributed by atoms with Crippen molar-refractivity contribution in [2.45, 2.75) is 70.6 Å². The van der Waals surface area contributed by atoms with E-state index in [2.05, 4.69) is 10.9 Å². The van der Waals surface area contributed by atoms with E-state index in [0.29, 0.717) is 11.7 Å². The number of benzene rings is 1. The number of nitriles is 1. The minimum Gasteiger partial charge on any atom is -0.870 e. The number of aliphatic carboxylic acids is 1. The second-order valence-corrected chi connectivity index (χ2v) is 18.0. The maximum Gasteiger partial charge on any atom is 1.00 e. The maximum absolute atomic E-state index is 11.3. The molecule has 4 aliphatic rings. The Kier molecular flexibility index (Phi) is 34.9. The summed E-state index contributed by atoms with van der Waals surface area (Å²) < 4.78 is 22.7. The zero-order valence-corrected chi connectivity index (χ0v) is 34.6. The fourth-order valence-electron chi connectivity index (χ4n) is 4.20. The Labute approximate surface area is 338 Å². The van der Waals surface area contributed by atoms with Gasteiger partial charge >= 0.3 is 41.4 Å². The van der Waals surface area contributed by atoms with Crippen LogP contribution < -0.4 is 29.6 Å². The molecule has 0 unspecified atom stereocenters. The zero-order chi connectivity index (χ0) is 34.2. The summed E-state index contributed by atoms with van der Waals surface area (Å²) >= 11 is 12.9. The van der Waals surface area contributed by atoms with Crippen LogP contribution in [0.1, 0.15) is 64.4 Å². The van der Waals surface area contributed by atoms with Crippen LogP contribution in [-0.4, -0.2) is 87.9 Å². The number of Topliss-reactive ketones (excluding diaryl/α,β-unsaturated/α-hetero) is 1. The molecule has 2 N–H and O–H groups in total. The van der Waals surface area contributed by atoms with Gasteiger partial charge in [-0.3, -0.25) is 19.2 Å². The molecule has 272 valence electrons. The topological polar surface area (TPSA) is 164 Å². The predicted octanol–water partition coefficient (Wildman–Crippen LogP) is 4.95. The molecule has 9 nitrogen and oxygen atoms in total. The second kappa shape index (κ2) is 32.3. The molecule has 4 saturated heterocycles. The first-order valence-electron chi connectivity index (χ1n) is 15.3. The molecule has 1 aromatic rings. The van der Waals surface area contributed by atoms with Gasteiger partial charge in [0.25, 0.3) is 9.84 Å². The van der Waals surface area contributed by atoms with Crippen LogP contribution >= 0.6 is 58.6 Å². The van der Waals surface area contributed by atoms with Crippen molar-refractivity contribution < 1.29 is 62.9 Å². The van der Waals surface area contributed by atoms with Crippen LogP contribution in [0.4, 0.5) is 0 Å². The first-order valence-corrected chi connectivity index (χ1v) is 21.9. The molecule has 4 aliphatic heterocycles. The number of thioether (sulfide) groups is 4. The molecule has 0 saturated carbocycles. The van der Waals surface area contributed by atoms with Crippen LogP contribution in [0.3, 0.4) is 0 Å². The molecule has 4 fully saturated rings. The van der Waals surface area contributed by atoms with Crippen molar-refractivity contribution in [3.05, 3.63) is 41.2 Å². The normalized spacial score (nSPS) is 17.8. The number of aryl methyl sites for hydroxylation is 1. The van der Waals surface area contributed by atoms with Crippen molar-refractivity contribution >= 4 is 85.5 Å². The molecule has 0 amide bonds. The molecule has 0 radical (unpaired) electrons. The first kappa shape index (κ1) is 53.0. The number of hydrogen-bond donors (Lipinski definition) is 1. The van der Waals surface area contributed by atoms with Crippen LogP contribution in [0.25, 0.3) is 4.85 Å². The van der Waals surface area contributed by atoms with E-state index in [1.54, 1.807) is 12.1 Å². The van der Waals surface area contributed by atoms with Crippen molar-refractivity contribution in [3.8, 4) is 6.07 Å². The summed E-state index contributed by atoms with van der Waals surface area (Å²) in [6, 6.07) is 8.78. The number of sulfone groups is 1. The number of halogens is 1. The van der Waals surface area contributed by atoms with Crippen molar-refractivity contribution in [3.63, 3.8) is 0 Å². The second-order valence-electron chi connectivity index (χ2n) is 10.8. The van der Waals surface area contributed by atoms with E-state index in [1.165, 1.54) is 23.6 Å². The minimum absolute atomic E-state index is 0. The van der Waals surface area contributed by atoms with Crippen molar-refractivity contribution in [2.75, 3.05) is 51.9 Å². The summed E-state index contributed by atoms with van der Waals surface area (Å²) in [5.41, 5.74) is 1.00. The molecule has 0 aliphatic carbocycles. The Bertz CT molecular complexity index is 1210. The van der Waals surface area contributed by atoms with Gasteiger partial charge in [0, 0.05) is 36.2 Å². The smallest absolute Gasteiger partial charge is 0.870 e. The summed E-state index contributed by atoms with van der Waals surface area (Å²) in [6.07, 6.45) is 7.53. The fraction of sp³-hybridized carbons (Fsp3) is 0.667. The molecule has 1 aromatic carbocycles. The van der Waals surface area contributed by atoms with E-state index < -0.39 is 21.7 Å². The average Bonchev–Trinajstić information content (AvgIpc) is 3.08. The summed E-state index contributed by atoms with van der Waals surface area (Å²) in [4.78, 5) is 34.4. The van der Waals surface area contributed by atoms with Gasteiger partial charge in [-0.25, -0.2) is 15.0 Å². The van der Waals surface area contributed by atoms with Gasteiger partial charge in [-0.05, 0) is 104 Å². The van der Waals surface area contributed by atoms with Gasteiger partial charge in [0.05, 0.1) is 16.9 Å². The van der Waals surface area contributed by atoms with Crippen LogP contribution in [0.15, 0.2) is 29.2 Å². The summed E-state index contributed by atoms with van der Waals surface area (Å²) in [6.45, 7) is 8.38. The number of hydrogen-bond acceptors (Lipinski definition) is 11. The van der Waals surface area contributed by atoms with Gasteiger partial charge in [0.1, 0.15) is 5.78 Å². The van der Waals surface area contributed by atoms with E-state index in [1.807, 2.05) is 54.0 Å². The number of carboxylic acids is 1. The quantitative estimate of drug-likeness (QED) is 0.248. The van der Waals surface area contributed by atoms with Crippen molar-refractivity contribution in [1.29, 1.82) is 5.26 Å². The largest absolute Gasteiger partial charge is 1.00 e. The van der Waals surface area contributed by atoms with Gasteiger partial charge in [-0.2, -0.15) is 52.3 Å². The molecule has 0 bridgehead atoms. The summed E-state index contributed by atoms with van der Waals surface area (Å²) in [5.74, 6) is 8.58. The molecule has 0 atom stereocenters. The number of ketones is 1. The molecule has 0 spiro atoms. The summed E-state index contributed by atoms with van der Waals surface area (Å²) in [5, 5.41) is 16.8. The van der Waals surface area contributed by atoms with Gasteiger partial charge in [-0.15, -0.1) is 0 Å². The molecule has 16 heteroatoms. The van der Waals surface area contributed by atoms with E-state index in [4.69, 9.17) is 28.5 Å². The van der Waals surface area contributed by atoms with E-state index in [-0.39, 0.29) is 64.4 Å². The third-order valence-electron chi connectivity index (χ3n) is 7.18. The van der Waals surface area contributed by atoms with Gasteiger partial charge in [0.15, 0.2) is 0 Å². The molecule has 49 heavy (non-hydrogen) atoms. The number of rotatable bonds is 4. The predicted molar refractivity (Wildman–Crippen MR) is 204 cm³/mol. The van der Waals surface area contributed by atoms with Crippen LogP contribution in [0.5, 0.6) is 0 Å². The monoisotopic (exact) mass is 804 g/mol. The van der Waals surface area contributed by atoms with Gasteiger partial charge < -0.3 is 10.6 Å². The Morgan fingerprint density at radius 1 is 0.878 bits per heavy atom. The van der Waals surface area contributed by atoms with Crippen molar-refractivity contribution in [1.82, 2.24) is 0 Å². The SMILES string of the molecule is C.N#CC1CCSCC1.O=C(Cl)C1CCSCC1.O=C(O)C1CCSCC1.O=C1CCSCC1.[C-]#[N+]CS(=O)(=O)c1ccc(C)cc1.[Na+].[OH-]. The first-order chi connectivity index (χ1) is 22.0. The van der Waals surface area contributed by atoms with Crippen LogP contribution in [0.2, 0.25) is 0 Å². The van der Waals surface area contributed by atoms with Gasteiger partial charge in [0.2, 0.25) is 5.24 Å². The Morgan fingerprint density at radius 3 is 1.57 bits per heavy atom. The van der Waals surface area contributed by atoms with E-state index >= 15 is 0 Å². The molecule has 5 rings (SSSR count). The molecule has 0 aromatic heterocycles. The number of nitrogens with zero attached hydrogens (tertiary/aromatic N) is 2. The third kappa shape index (κ3) is 26.1. The molecular weight excluding hydrogens is 755 g/mol. The summed E-state index contributed by atoms with van der Waals surface area (Å²) in [7, 11) is -3.38. The number of carbonyl (C=O) groups excluding carboxylic acids is 2. The van der Waals surface area contributed by atoms with Crippen LogP contribution in [0, 0.1) is 42.6 Å². The van der Waals surface area contributed by atoms with Crippen LogP contribution in [-0.2, 0) is 24.2 Å². The number of carbonyl (C=O) groups is 3. The van der Waals surface area contributed by atoms with Gasteiger partial charge in [-0.1, -0.05) is 25.1 Å². The zero-order valence-electron chi connectivity index (χ0n) is 27.8. The Balaban J connectivity index is -0.000000540.